The number of rotatable bonds is 1. The maximum atomic E-state index is 12.5. The molecule has 0 bridgehead atoms. The third-order valence-electron chi connectivity index (χ3n) is 3.79. The Kier molecular flexibility index (Phi) is 3.19. The third kappa shape index (κ3) is 2.45. The minimum atomic E-state index is -0.338. The molecule has 1 aromatic carbocycles. The minimum absolute atomic E-state index is 0.122. The summed E-state index contributed by atoms with van der Waals surface area (Å²) in [7, 11) is 0. The molecule has 1 aromatic rings. The zero-order valence-electron chi connectivity index (χ0n) is 11.4. The SMILES string of the molecule is C[C@@H]1CN(C(=O)[C@H]2Cc3ccccc3O2)C[C@@H](C)N1. The molecule has 1 amide bonds. The van der Waals surface area contributed by atoms with E-state index in [0.29, 0.717) is 18.5 Å². The number of amides is 1. The molecule has 1 N–H and O–H groups in total. The number of fused-ring (bicyclic) bond motifs is 1. The van der Waals surface area contributed by atoms with Crippen molar-refractivity contribution in [1.29, 1.82) is 0 Å². The Bertz CT molecular complexity index is 454. The van der Waals surface area contributed by atoms with Crippen molar-refractivity contribution in [2.75, 3.05) is 13.1 Å². The van der Waals surface area contributed by atoms with Crippen molar-refractivity contribution in [2.45, 2.75) is 38.5 Å². The summed E-state index contributed by atoms with van der Waals surface area (Å²) in [5, 5.41) is 3.44. The van der Waals surface area contributed by atoms with Gasteiger partial charge in [0.15, 0.2) is 6.10 Å². The van der Waals surface area contributed by atoms with Gasteiger partial charge in [0.2, 0.25) is 0 Å². The molecule has 1 fully saturated rings. The second-order valence-corrected chi connectivity index (χ2v) is 5.63. The summed E-state index contributed by atoms with van der Waals surface area (Å²) in [4.78, 5) is 14.5. The summed E-state index contributed by atoms with van der Waals surface area (Å²) in [6, 6.07) is 8.59. The second-order valence-electron chi connectivity index (χ2n) is 5.63. The molecule has 4 nitrogen and oxygen atoms in total. The Morgan fingerprint density at radius 1 is 1.26 bits per heavy atom. The smallest absolute Gasteiger partial charge is 0.264 e. The van der Waals surface area contributed by atoms with Crippen LogP contribution in [0.4, 0.5) is 0 Å². The summed E-state index contributed by atoms with van der Waals surface area (Å²) in [6.07, 6.45) is 0.358. The van der Waals surface area contributed by atoms with Crippen LogP contribution < -0.4 is 10.1 Å². The summed E-state index contributed by atoms with van der Waals surface area (Å²) in [5.74, 6) is 0.980. The third-order valence-corrected chi connectivity index (χ3v) is 3.79. The number of nitrogens with zero attached hydrogens (tertiary/aromatic N) is 1. The molecule has 0 radical (unpaired) electrons. The highest BCUT2D eigenvalue weighted by Gasteiger charge is 2.34. The van der Waals surface area contributed by atoms with Crippen molar-refractivity contribution < 1.29 is 9.53 Å². The predicted octanol–water partition coefficient (Wildman–Crippen LogP) is 1.20. The minimum Gasteiger partial charge on any atom is -0.480 e. The fourth-order valence-electron chi connectivity index (χ4n) is 3.03. The number of ether oxygens (including phenoxy) is 1. The number of carbonyl (C=O) groups is 1. The molecule has 102 valence electrons. The van der Waals surface area contributed by atoms with Crippen molar-refractivity contribution in [2.24, 2.45) is 0 Å². The molecule has 4 heteroatoms. The van der Waals surface area contributed by atoms with Crippen molar-refractivity contribution >= 4 is 5.91 Å². The van der Waals surface area contributed by atoms with E-state index in [4.69, 9.17) is 4.74 Å². The van der Waals surface area contributed by atoms with Gasteiger partial charge >= 0.3 is 0 Å². The van der Waals surface area contributed by atoms with Gasteiger partial charge in [-0.1, -0.05) is 18.2 Å². The number of carbonyl (C=O) groups excluding carboxylic acids is 1. The van der Waals surface area contributed by atoms with Gasteiger partial charge in [0.25, 0.3) is 5.91 Å². The van der Waals surface area contributed by atoms with Crippen LogP contribution in [0.3, 0.4) is 0 Å². The lowest BCUT2D eigenvalue weighted by molar-refractivity contribution is -0.139. The molecule has 2 aliphatic heterocycles. The molecule has 2 aliphatic rings. The number of hydrogen-bond donors (Lipinski definition) is 1. The topological polar surface area (TPSA) is 41.6 Å². The van der Waals surface area contributed by atoms with Crippen LogP contribution in [0.2, 0.25) is 0 Å². The summed E-state index contributed by atoms with van der Waals surface area (Å²) < 4.78 is 5.78. The Morgan fingerprint density at radius 3 is 2.63 bits per heavy atom. The van der Waals surface area contributed by atoms with E-state index < -0.39 is 0 Å². The van der Waals surface area contributed by atoms with Crippen LogP contribution in [0.1, 0.15) is 19.4 Å². The van der Waals surface area contributed by atoms with E-state index >= 15 is 0 Å². The highest BCUT2D eigenvalue weighted by atomic mass is 16.5. The first-order valence-corrected chi connectivity index (χ1v) is 6.93. The van der Waals surface area contributed by atoms with Gasteiger partial charge in [0, 0.05) is 31.6 Å². The zero-order valence-corrected chi connectivity index (χ0v) is 11.4. The van der Waals surface area contributed by atoms with Crippen LogP contribution in [0.25, 0.3) is 0 Å². The van der Waals surface area contributed by atoms with Crippen LogP contribution in [-0.4, -0.2) is 42.1 Å². The number of nitrogens with one attached hydrogen (secondary N) is 1. The molecule has 0 unspecified atom stereocenters. The molecule has 0 spiro atoms. The van der Waals surface area contributed by atoms with Crippen LogP contribution in [-0.2, 0) is 11.2 Å². The maximum absolute atomic E-state index is 12.5. The highest BCUT2D eigenvalue weighted by Crippen LogP contribution is 2.29. The van der Waals surface area contributed by atoms with Gasteiger partial charge in [-0.3, -0.25) is 4.79 Å². The molecule has 3 rings (SSSR count). The van der Waals surface area contributed by atoms with Gasteiger partial charge in [-0.15, -0.1) is 0 Å². The fraction of sp³-hybridized carbons (Fsp3) is 0.533. The lowest BCUT2D eigenvalue weighted by Crippen LogP contribution is -2.58. The molecule has 19 heavy (non-hydrogen) atoms. The van der Waals surface area contributed by atoms with Gasteiger partial charge in [-0.25, -0.2) is 0 Å². The number of benzene rings is 1. The summed E-state index contributed by atoms with van der Waals surface area (Å²) in [6.45, 7) is 5.75. The largest absolute Gasteiger partial charge is 0.480 e. The molecular formula is C15H20N2O2. The first-order chi connectivity index (χ1) is 9.13. The van der Waals surface area contributed by atoms with E-state index in [9.17, 15) is 4.79 Å². The number of para-hydroxylation sites is 1. The second kappa shape index (κ2) is 4.85. The molecule has 0 aromatic heterocycles. The van der Waals surface area contributed by atoms with E-state index in [-0.39, 0.29) is 12.0 Å². The first-order valence-electron chi connectivity index (χ1n) is 6.93. The van der Waals surface area contributed by atoms with Crippen molar-refractivity contribution in [1.82, 2.24) is 10.2 Å². The van der Waals surface area contributed by atoms with Crippen LogP contribution in [0, 0.1) is 0 Å². The van der Waals surface area contributed by atoms with Gasteiger partial charge in [0.1, 0.15) is 5.75 Å². The number of hydrogen-bond acceptors (Lipinski definition) is 3. The predicted molar refractivity (Wildman–Crippen MR) is 73.2 cm³/mol. The average Bonchev–Trinajstić information content (AvgIpc) is 2.80. The fourth-order valence-corrected chi connectivity index (χ4v) is 3.03. The Balaban J connectivity index is 1.69. The standard InChI is InChI=1S/C15H20N2O2/c1-10-8-17(9-11(2)16-10)15(18)14-7-12-5-3-4-6-13(12)19-14/h3-6,10-11,14,16H,7-9H2,1-2H3/t10-,11-,14-/m1/s1. The Hall–Kier alpha value is -1.55. The van der Waals surface area contributed by atoms with Crippen LogP contribution >= 0.6 is 0 Å². The maximum Gasteiger partial charge on any atom is 0.264 e. The van der Waals surface area contributed by atoms with E-state index in [1.54, 1.807) is 0 Å². The molecule has 1 saturated heterocycles. The van der Waals surface area contributed by atoms with Gasteiger partial charge in [-0.2, -0.15) is 0 Å². The summed E-state index contributed by atoms with van der Waals surface area (Å²) in [5.41, 5.74) is 1.14. The molecular weight excluding hydrogens is 240 g/mol. The van der Waals surface area contributed by atoms with Crippen LogP contribution in [0.15, 0.2) is 24.3 Å². The monoisotopic (exact) mass is 260 g/mol. The van der Waals surface area contributed by atoms with Crippen molar-refractivity contribution in [3.05, 3.63) is 29.8 Å². The van der Waals surface area contributed by atoms with E-state index in [1.807, 2.05) is 29.2 Å². The van der Waals surface area contributed by atoms with E-state index in [1.165, 1.54) is 0 Å². The molecule has 3 atom stereocenters. The zero-order chi connectivity index (χ0) is 13.4. The summed E-state index contributed by atoms with van der Waals surface area (Å²) >= 11 is 0. The normalized spacial score (nSPS) is 29.8. The number of piperazine rings is 1. The molecule has 0 saturated carbocycles. The lowest BCUT2D eigenvalue weighted by Gasteiger charge is -2.37. The quantitative estimate of drug-likeness (QED) is 0.825. The first kappa shape index (κ1) is 12.5. The van der Waals surface area contributed by atoms with Crippen LogP contribution in [0.5, 0.6) is 5.75 Å². The Labute approximate surface area is 113 Å². The Morgan fingerprint density at radius 2 is 1.95 bits per heavy atom. The van der Waals surface area contributed by atoms with E-state index in [2.05, 4.69) is 19.2 Å². The highest BCUT2D eigenvalue weighted by molar-refractivity contribution is 5.82. The van der Waals surface area contributed by atoms with Gasteiger partial charge < -0.3 is 15.0 Å². The molecule has 2 heterocycles. The van der Waals surface area contributed by atoms with Gasteiger partial charge in [0.05, 0.1) is 0 Å². The van der Waals surface area contributed by atoms with Crippen molar-refractivity contribution in [3.63, 3.8) is 0 Å². The lowest BCUT2D eigenvalue weighted by atomic mass is 10.1. The van der Waals surface area contributed by atoms with E-state index in [0.717, 1.165) is 24.4 Å². The molecule has 0 aliphatic carbocycles. The van der Waals surface area contributed by atoms with Gasteiger partial charge in [-0.05, 0) is 25.5 Å². The average molecular weight is 260 g/mol. The van der Waals surface area contributed by atoms with Crippen molar-refractivity contribution in [3.8, 4) is 5.75 Å².